The monoisotopic (exact) mass is 371 g/mol. The summed E-state index contributed by atoms with van der Waals surface area (Å²) in [6, 6.07) is 11.9. The summed E-state index contributed by atoms with van der Waals surface area (Å²) in [5.74, 6) is -0.0605. The zero-order valence-electron chi connectivity index (χ0n) is 15.1. The number of nitrogens with zero attached hydrogens (tertiary/aromatic N) is 2. The van der Waals surface area contributed by atoms with Gasteiger partial charge in [-0.25, -0.2) is 4.98 Å². The Kier molecular flexibility index (Phi) is 7.05. The Morgan fingerprint density at radius 1 is 1.23 bits per heavy atom. The molecule has 0 bridgehead atoms. The Bertz CT molecular complexity index is 715. The molecule has 1 N–H and O–H groups in total. The highest BCUT2D eigenvalue weighted by molar-refractivity contribution is 7.99. The number of rotatable bonds is 7. The Hall–Kier alpha value is -1.89. The number of hydrogen-bond acceptors (Lipinski definition) is 5. The van der Waals surface area contributed by atoms with E-state index in [1.807, 2.05) is 12.1 Å². The third-order valence-corrected chi connectivity index (χ3v) is 5.32. The summed E-state index contributed by atoms with van der Waals surface area (Å²) in [4.78, 5) is 20.4. The fraction of sp³-hybridized carbons (Fsp3) is 0.400. The topological polar surface area (TPSA) is 54.5 Å². The van der Waals surface area contributed by atoms with E-state index in [2.05, 4.69) is 46.4 Å². The lowest BCUT2D eigenvalue weighted by Gasteiger charge is -2.26. The van der Waals surface area contributed by atoms with Gasteiger partial charge < -0.3 is 10.1 Å². The lowest BCUT2D eigenvalue weighted by atomic mass is 10.2. The summed E-state index contributed by atoms with van der Waals surface area (Å²) < 4.78 is 5.35. The van der Waals surface area contributed by atoms with Crippen molar-refractivity contribution >= 4 is 17.7 Å². The molecular weight excluding hydrogens is 346 g/mol. The molecule has 26 heavy (non-hydrogen) atoms. The number of nitrogens with one attached hydrogen (secondary N) is 1. The molecule has 1 saturated heterocycles. The van der Waals surface area contributed by atoms with Crippen molar-refractivity contribution in [2.24, 2.45) is 0 Å². The predicted octanol–water partition coefficient (Wildman–Crippen LogP) is 2.99. The number of ether oxygens (including phenoxy) is 1. The van der Waals surface area contributed by atoms with Gasteiger partial charge in [0.15, 0.2) is 0 Å². The standard InChI is InChI=1S/C20H25N3O2S/c1-16-5-7-17(8-6-16)26-20-18(4-2-9-22-20)19(24)21-10-3-11-23-12-14-25-15-13-23/h2,4-9H,3,10-15H2,1H3,(H,21,24). The van der Waals surface area contributed by atoms with Crippen molar-refractivity contribution in [2.45, 2.75) is 23.3 Å². The molecule has 0 unspecified atom stereocenters. The van der Waals surface area contributed by atoms with Crippen LogP contribution in [0.3, 0.4) is 0 Å². The lowest BCUT2D eigenvalue weighted by Crippen LogP contribution is -2.38. The molecule has 0 atom stereocenters. The van der Waals surface area contributed by atoms with Gasteiger partial charge in [-0.3, -0.25) is 9.69 Å². The molecule has 1 aromatic carbocycles. The third-order valence-electron chi connectivity index (χ3n) is 4.29. The van der Waals surface area contributed by atoms with Crippen LogP contribution in [0.25, 0.3) is 0 Å². The number of pyridine rings is 1. The van der Waals surface area contributed by atoms with Crippen LogP contribution >= 0.6 is 11.8 Å². The van der Waals surface area contributed by atoms with E-state index in [1.54, 1.807) is 6.20 Å². The normalized spacial score (nSPS) is 15.0. The van der Waals surface area contributed by atoms with Crippen LogP contribution in [0.5, 0.6) is 0 Å². The highest BCUT2D eigenvalue weighted by Gasteiger charge is 2.14. The quantitative estimate of drug-likeness (QED) is 0.759. The van der Waals surface area contributed by atoms with Crippen LogP contribution in [0.15, 0.2) is 52.5 Å². The lowest BCUT2D eigenvalue weighted by molar-refractivity contribution is 0.0374. The van der Waals surface area contributed by atoms with E-state index < -0.39 is 0 Å². The first-order valence-corrected chi connectivity index (χ1v) is 9.82. The van der Waals surface area contributed by atoms with Crippen LogP contribution < -0.4 is 5.32 Å². The van der Waals surface area contributed by atoms with Gasteiger partial charge in [0.2, 0.25) is 0 Å². The van der Waals surface area contributed by atoms with Crippen molar-refractivity contribution in [1.82, 2.24) is 15.2 Å². The second-order valence-corrected chi connectivity index (χ2v) is 7.40. The van der Waals surface area contributed by atoms with Gasteiger partial charge in [0.1, 0.15) is 5.03 Å². The number of aryl methyl sites for hydroxylation is 1. The number of aromatic nitrogens is 1. The number of hydrogen-bond donors (Lipinski definition) is 1. The molecule has 0 radical (unpaired) electrons. The highest BCUT2D eigenvalue weighted by Crippen LogP contribution is 2.28. The molecule has 1 amide bonds. The second-order valence-electron chi connectivity index (χ2n) is 6.33. The first kappa shape index (κ1) is 18.9. The van der Waals surface area contributed by atoms with Crippen LogP contribution in [0.2, 0.25) is 0 Å². The van der Waals surface area contributed by atoms with Gasteiger partial charge >= 0.3 is 0 Å². The van der Waals surface area contributed by atoms with Crippen molar-refractivity contribution in [3.05, 3.63) is 53.7 Å². The van der Waals surface area contributed by atoms with E-state index >= 15 is 0 Å². The minimum Gasteiger partial charge on any atom is -0.379 e. The summed E-state index contributed by atoms with van der Waals surface area (Å²) in [7, 11) is 0. The minimum atomic E-state index is -0.0605. The highest BCUT2D eigenvalue weighted by atomic mass is 32.2. The second kappa shape index (κ2) is 9.71. The predicted molar refractivity (Wildman–Crippen MR) is 104 cm³/mol. The van der Waals surface area contributed by atoms with E-state index in [0.717, 1.165) is 49.2 Å². The molecule has 5 nitrogen and oxygen atoms in total. The van der Waals surface area contributed by atoms with Crippen LogP contribution in [-0.4, -0.2) is 55.2 Å². The zero-order valence-corrected chi connectivity index (χ0v) is 15.9. The fourth-order valence-corrected chi connectivity index (χ4v) is 3.67. The molecule has 1 aromatic heterocycles. The average Bonchev–Trinajstić information content (AvgIpc) is 2.68. The molecule has 6 heteroatoms. The van der Waals surface area contributed by atoms with E-state index in [4.69, 9.17) is 4.74 Å². The summed E-state index contributed by atoms with van der Waals surface area (Å²) >= 11 is 1.52. The van der Waals surface area contributed by atoms with Crippen LogP contribution in [0.4, 0.5) is 0 Å². The van der Waals surface area contributed by atoms with Crippen molar-refractivity contribution in [2.75, 3.05) is 39.4 Å². The Morgan fingerprint density at radius 2 is 2.00 bits per heavy atom. The SMILES string of the molecule is Cc1ccc(Sc2ncccc2C(=O)NCCCN2CCOCC2)cc1. The molecule has 1 aliphatic heterocycles. The molecular formula is C20H25N3O2S. The maximum atomic E-state index is 12.6. The summed E-state index contributed by atoms with van der Waals surface area (Å²) in [5, 5.41) is 3.76. The minimum absolute atomic E-state index is 0.0605. The average molecular weight is 372 g/mol. The first-order chi connectivity index (χ1) is 12.7. The van der Waals surface area contributed by atoms with Gasteiger partial charge in [-0.2, -0.15) is 0 Å². The summed E-state index contributed by atoms with van der Waals surface area (Å²) in [6.07, 6.45) is 2.66. The molecule has 1 fully saturated rings. The van der Waals surface area contributed by atoms with Gasteiger partial charge in [0, 0.05) is 30.7 Å². The van der Waals surface area contributed by atoms with Crippen molar-refractivity contribution < 1.29 is 9.53 Å². The van der Waals surface area contributed by atoms with Crippen LogP contribution in [0.1, 0.15) is 22.3 Å². The van der Waals surface area contributed by atoms with Crippen LogP contribution in [-0.2, 0) is 4.74 Å². The summed E-state index contributed by atoms with van der Waals surface area (Å²) in [6.45, 7) is 7.29. The molecule has 1 aliphatic rings. The number of morpholine rings is 1. The van der Waals surface area contributed by atoms with Gasteiger partial charge in [-0.15, -0.1) is 0 Å². The van der Waals surface area contributed by atoms with Crippen molar-refractivity contribution in [3.8, 4) is 0 Å². The zero-order chi connectivity index (χ0) is 18.2. The smallest absolute Gasteiger partial charge is 0.254 e. The van der Waals surface area contributed by atoms with Gasteiger partial charge in [0.25, 0.3) is 5.91 Å². The van der Waals surface area contributed by atoms with E-state index in [9.17, 15) is 4.79 Å². The third kappa shape index (κ3) is 5.56. The number of benzene rings is 1. The van der Waals surface area contributed by atoms with E-state index in [1.165, 1.54) is 17.3 Å². The largest absolute Gasteiger partial charge is 0.379 e. The summed E-state index contributed by atoms with van der Waals surface area (Å²) in [5.41, 5.74) is 1.85. The Morgan fingerprint density at radius 3 is 2.77 bits per heavy atom. The Labute approximate surface area is 159 Å². The van der Waals surface area contributed by atoms with Crippen LogP contribution in [0, 0.1) is 6.92 Å². The first-order valence-electron chi connectivity index (χ1n) is 9.00. The van der Waals surface area contributed by atoms with E-state index in [-0.39, 0.29) is 5.91 Å². The molecule has 138 valence electrons. The fourth-order valence-electron chi connectivity index (χ4n) is 2.79. The maximum Gasteiger partial charge on any atom is 0.254 e. The number of carbonyl (C=O) groups excluding carboxylic acids is 1. The van der Waals surface area contributed by atoms with Crippen molar-refractivity contribution in [1.29, 1.82) is 0 Å². The number of amides is 1. The van der Waals surface area contributed by atoms with Gasteiger partial charge in [0.05, 0.1) is 18.8 Å². The maximum absolute atomic E-state index is 12.6. The van der Waals surface area contributed by atoms with Gasteiger partial charge in [-0.1, -0.05) is 29.5 Å². The van der Waals surface area contributed by atoms with Crippen molar-refractivity contribution in [3.63, 3.8) is 0 Å². The van der Waals surface area contributed by atoms with E-state index in [0.29, 0.717) is 12.1 Å². The molecule has 0 saturated carbocycles. The Balaban J connectivity index is 1.52. The molecule has 2 heterocycles. The molecule has 3 rings (SSSR count). The van der Waals surface area contributed by atoms with Gasteiger partial charge in [-0.05, 0) is 44.2 Å². The molecule has 0 spiro atoms. The molecule has 2 aromatic rings. The number of carbonyl (C=O) groups is 1. The molecule has 0 aliphatic carbocycles.